The number of halogens is 1. The second-order valence-corrected chi connectivity index (χ2v) is 4.22. The van der Waals surface area contributed by atoms with Crippen LogP contribution in [0.1, 0.15) is 31.2 Å². The highest BCUT2D eigenvalue weighted by atomic mass is 19.1. The Labute approximate surface area is 89.7 Å². The van der Waals surface area contributed by atoms with E-state index in [4.69, 9.17) is 5.73 Å². The number of hydrogen-bond donors (Lipinski definition) is 2. The van der Waals surface area contributed by atoms with Crippen LogP contribution in [0.3, 0.4) is 0 Å². The van der Waals surface area contributed by atoms with Crippen molar-refractivity contribution in [1.29, 1.82) is 0 Å². The van der Waals surface area contributed by atoms with Crippen molar-refractivity contribution in [2.24, 2.45) is 0 Å². The van der Waals surface area contributed by atoms with Gasteiger partial charge in [-0.05, 0) is 30.5 Å². The minimum Gasteiger partial charge on any atom is -0.396 e. The van der Waals surface area contributed by atoms with E-state index in [0.29, 0.717) is 6.04 Å². The van der Waals surface area contributed by atoms with Crippen molar-refractivity contribution in [2.75, 3.05) is 5.73 Å². The maximum absolute atomic E-state index is 12.9. The van der Waals surface area contributed by atoms with E-state index in [9.17, 15) is 4.39 Å². The summed E-state index contributed by atoms with van der Waals surface area (Å²) in [6.07, 6.45) is 5.17. The van der Waals surface area contributed by atoms with Crippen LogP contribution < -0.4 is 11.1 Å². The molecule has 0 spiro atoms. The van der Waals surface area contributed by atoms with Crippen LogP contribution in [-0.4, -0.2) is 6.04 Å². The standard InChI is InChI=1S/C12H17FN2/c13-11-6-5-9(7-12(11)14)8-15-10-3-1-2-4-10/h5-7,10,15H,1-4,8,14H2. The van der Waals surface area contributed by atoms with Crippen molar-refractivity contribution in [3.63, 3.8) is 0 Å². The SMILES string of the molecule is Nc1cc(CNC2CCCC2)ccc1F. The molecule has 3 heteroatoms. The zero-order chi connectivity index (χ0) is 10.7. The van der Waals surface area contributed by atoms with E-state index in [0.717, 1.165) is 12.1 Å². The Morgan fingerprint density at radius 2 is 2.07 bits per heavy atom. The quantitative estimate of drug-likeness (QED) is 0.749. The van der Waals surface area contributed by atoms with Crippen LogP contribution in [0.15, 0.2) is 18.2 Å². The molecule has 0 amide bonds. The average Bonchev–Trinajstić information content (AvgIpc) is 2.73. The monoisotopic (exact) mass is 208 g/mol. The fourth-order valence-electron chi connectivity index (χ4n) is 2.10. The Morgan fingerprint density at radius 3 is 2.73 bits per heavy atom. The van der Waals surface area contributed by atoms with Crippen LogP contribution in [0.5, 0.6) is 0 Å². The summed E-state index contributed by atoms with van der Waals surface area (Å²) in [5, 5.41) is 3.47. The Balaban J connectivity index is 1.90. The van der Waals surface area contributed by atoms with Gasteiger partial charge < -0.3 is 11.1 Å². The summed E-state index contributed by atoms with van der Waals surface area (Å²) >= 11 is 0. The van der Waals surface area contributed by atoms with Gasteiger partial charge in [0.15, 0.2) is 0 Å². The minimum atomic E-state index is -0.334. The third kappa shape index (κ3) is 2.69. The zero-order valence-electron chi connectivity index (χ0n) is 8.80. The summed E-state index contributed by atoms with van der Waals surface area (Å²) in [4.78, 5) is 0. The van der Waals surface area contributed by atoms with Gasteiger partial charge in [0.2, 0.25) is 0 Å². The minimum absolute atomic E-state index is 0.237. The van der Waals surface area contributed by atoms with Gasteiger partial charge in [0.05, 0.1) is 5.69 Å². The van der Waals surface area contributed by atoms with Gasteiger partial charge in [-0.15, -0.1) is 0 Å². The molecule has 0 saturated heterocycles. The van der Waals surface area contributed by atoms with Crippen molar-refractivity contribution >= 4 is 5.69 Å². The summed E-state index contributed by atoms with van der Waals surface area (Å²) < 4.78 is 12.9. The maximum Gasteiger partial charge on any atom is 0.146 e. The van der Waals surface area contributed by atoms with Gasteiger partial charge in [0.25, 0.3) is 0 Å². The van der Waals surface area contributed by atoms with E-state index < -0.39 is 0 Å². The normalized spacial score (nSPS) is 17.1. The third-order valence-electron chi connectivity index (χ3n) is 3.01. The van der Waals surface area contributed by atoms with Crippen LogP contribution in [0.25, 0.3) is 0 Å². The van der Waals surface area contributed by atoms with Gasteiger partial charge in [0.1, 0.15) is 5.82 Å². The molecule has 0 radical (unpaired) electrons. The number of rotatable bonds is 3. The fraction of sp³-hybridized carbons (Fsp3) is 0.500. The highest BCUT2D eigenvalue weighted by Gasteiger charge is 2.13. The summed E-state index contributed by atoms with van der Waals surface area (Å²) in [5.74, 6) is -0.334. The molecule has 1 aliphatic carbocycles. The number of nitrogen functional groups attached to an aromatic ring is 1. The maximum atomic E-state index is 12.9. The molecule has 15 heavy (non-hydrogen) atoms. The van der Waals surface area contributed by atoms with Crippen molar-refractivity contribution in [1.82, 2.24) is 5.32 Å². The van der Waals surface area contributed by atoms with Crippen LogP contribution in [0.4, 0.5) is 10.1 Å². The second-order valence-electron chi connectivity index (χ2n) is 4.22. The van der Waals surface area contributed by atoms with E-state index in [1.54, 1.807) is 12.1 Å². The van der Waals surface area contributed by atoms with E-state index in [1.165, 1.54) is 31.7 Å². The Morgan fingerprint density at radius 1 is 1.33 bits per heavy atom. The van der Waals surface area contributed by atoms with Crippen LogP contribution in [-0.2, 0) is 6.54 Å². The molecule has 0 atom stereocenters. The molecule has 0 aliphatic heterocycles. The Bertz CT molecular complexity index is 332. The number of anilines is 1. The molecule has 2 rings (SSSR count). The average molecular weight is 208 g/mol. The molecular weight excluding hydrogens is 191 g/mol. The van der Waals surface area contributed by atoms with E-state index in [-0.39, 0.29) is 11.5 Å². The number of hydrogen-bond acceptors (Lipinski definition) is 2. The second kappa shape index (κ2) is 4.62. The third-order valence-corrected chi connectivity index (χ3v) is 3.01. The van der Waals surface area contributed by atoms with E-state index in [1.807, 2.05) is 0 Å². The number of nitrogens with one attached hydrogen (secondary N) is 1. The topological polar surface area (TPSA) is 38.0 Å². The summed E-state index contributed by atoms with van der Waals surface area (Å²) in [6, 6.07) is 5.56. The predicted molar refractivity (Wildman–Crippen MR) is 59.9 cm³/mol. The Hall–Kier alpha value is -1.09. The van der Waals surface area contributed by atoms with Gasteiger partial charge in [-0.3, -0.25) is 0 Å². The first-order chi connectivity index (χ1) is 7.25. The molecule has 3 N–H and O–H groups in total. The zero-order valence-corrected chi connectivity index (χ0v) is 8.80. The first kappa shape index (κ1) is 10.4. The molecule has 1 fully saturated rings. The first-order valence-electron chi connectivity index (χ1n) is 5.53. The molecule has 0 heterocycles. The van der Waals surface area contributed by atoms with Gasteiger partial charge in [-0.2, -0.15) is 0 Å². The van der Waals surface area contributed by atoms with E-state index >= 15 is 0 Å². The van der Waals surface area contributed by atoms with Crippen molar-refractivity contribution in [2.45, 2.75) is 38.3 Å². The smallest absolute Gasteiger partial charge is 0.146 e. The molecule has 0 aromatic heterocycles. The molecule has 82 valence electrons. The predicted octanol–water partition coefficient (Wildman–Crippen LogP) is 2.44. The molecule has 1 saturated carbocycles. The van der Waals surface area contributed by atoms with Crippen LogP contribution in [0, 0.1) is 5.82 Å². The van der Waals surface area contributed by atoms with Gasteiger partial charge >= 0.3 is 0 Å². The number of nitrogens with two attached hydrogens (primary N) is 1. The molecule has 2 nitrogen and oxygen atoms in total. The lowest BCUT2D eigenvalue weighted by Crippen LogP contribution is -2.25. The molecule has 1 aromatic rings. The highest BCUT2D eigenvalue weighted by molar-refractivity contribution is 5.42. The highest BCUT2D eigenvalue weighted by Crippen LogP contribution is 2.18. The van der Waals surface area contributed by atoms with E-state index in [2.05, 4.69) is 5.32 Å². The molecular formula is C12H17FN2. The Kier molecular flexibility index (Phi) is 3.21. The van der Waals surface area contributed by atoms with Crippen molar-refractivity contribution < 1.29 is 4.39 Å². The summed E-state index contributed by atoms with van der Waals surface area (Å²) in [7, 11) is 0. The van der Waals surface area contributed by atoms with Gasteiger partial charge in [-0.1, -0.05) is 18.9 Å². The largest absolute Gasteiger partial charge is 0.396 e. The number of benzene rings is 1. The lowest BCUT2D eigenvalue weighted by molar-refractivity contribution is 0.524. The van der Waals surface area contributed by atoms with Gasteiger partial charge in [-0.25, -0.2) is 4.39 Å². The summed E-state index contributed by atoms with van der Waals surface area (Å²) in [5.41, 5.74) is 6.79. The molecule has 0 bridgehead atoms. The summed E-state index contributed by atoms with van der Waals surface area (Å²) in [6.45, 7) is 0.787. The van der Waals surface area contributed by atoms with Crippen LogP contribution >= 0.6 is 0 Å². The lowest BCUT2D eigenvalue weighted by atomic mass is 10.1. The fourth-order valence-corrected chi connectivity index (χ4v) is 2.10. The molecule has 0 unspecified atom stereocenters. The first-order valence-corrected chi connectivity index (χ1v) is 5.53. The molecule has 1 aliphatic rings. The van der Waals surface area contributed by atoms with Crippen molar-refractivity contribution in [3.8, 4) is 0 Å². The van der Waals surface area contributed by atoms with Crippen molar-refractivity contribution in [3.05, 3.63) is 29.6 Å². The van der Waals surface area contributed by atoms with Crippen LogP contribution in [0.2, 0.25) is 0 Å². The lowest BCUT2D eigenvalue weighted by Gasteiger charge is -2.11. The molecule has 1 aromatic carbocycles. The van der Waals surface area contributed by atoms with Gasteiger partial charge in [0, 0.05) is 12.6 Å².